The van der Waals surface area contributed by atoms with E-state index in [1.807, 2.05) is 13.8 Å². The second-order valence-corrected chi connectivity index (χ2v) is 10.9. The fourth-order valence-electron chi connectivity index (χ4n) is 6.00. The molecule has 3 rings (SSSR count). The molecule has 0 saturated carbocycles. The second-order valence-electron chi connectivity index (χ2n) is 9.72. The van der Waals surface area contributed by atoms with Crippen LogP contribution in [0.1, 0.15) is 53.4 Å². The Hall–Kier alpha value is -1.45. The first-order valence-electron chi connectivity index (χ1n) is 12.5. The topological polar surface area (TPSA) is 96.4 Å². The molecule has 0 aromatic rings. The lowest BCUT2D eigenvalue weighted by Gasteiger charge is -2.41. The summed E-state index contributed by atoms with van der Waals surface area (Å²) in [7, 11) is 0. The van der Waals surface area contributed by atoms with Gasteiger partial charge in [-0.25, -0.2) is 0 Å². The average Bonchev–Trinajstić information content (AvgIpc) is 3.40. The molecule has 9 heteroatoms. The van der Waals surface area contributed by atoms with Crippen LogP contribution in [-0.2, 0) is 23.9 Å². The lowest BCUT2D eigenvalue weighted by molar-refractivity contribution is -0.156. The van der Waals surface area contributed by atoms with E-state index in [2.05, 4.69) is 29.4 Å². The Kier molecular flexibility index (Phi) is 8.85. The Morgan fingerprint density at radius 2 is 2.12 bits per heavy atom. The Morgan fingerprint density at radius 3 is 2.68 bits per heavy atom. The van der Waals surface area contributed by atoms with Gasteiger partial charge in [0.15, 0.2) is 0 Å². The van der Waals surface area contributed by atoms with Crippen LogP contribution in [0.4, 0.5) is 0 Å². The normalized spacial score (nSPS) is 33.5. The monoisotopic (exact) mass is 542 g/mol. The lowest BCUT2D eigenvalue weighted by Crippen LogP contribution is -2.60. The van der Waals surface area contributed by atoms with Crippen LogP contribution in [0.5, 0.6) is 0 Å². The van der Waals surface area contributed by atoms with E-state index in [1.54, 1.807) is 22.8 Å². The number of aliphatic hydroxyl groups is 1. The standard InChI is InChI=1S/C25H39BrN2O6/c1-6-10-12-27(11-7-2)23(31)21-25-13-16(26)20(34-25)18(24(32)33-9-4)19(25)22(30)28(21)17(14-29)15(5)8-3/h7,15-21,29H,2,6,8-14H2,1,3-5H3/t15-,16?,17-,18+,19-,20+,21+,25-/m0/s1. The van der Waals surface area contributed by atoms with E-state index in [0.717, 1.165) is 19.3 Å². The Balaban J connectivity index is 2.12. The molecule has 34 heavy (non-hydrogen) atoms. The quantitative estimate of drug-likeness (QED) is 0.231. The molecule has 0 aliphatic carbocycles. The summed E-state index contributed by atoms with van der Waals surface area (Å²) < 4.78 is 11.8. The number of carbonyl (C=O) groups is 3. The largest absolute Gasteiger partial charge is 0.466 e. The third-order valence-corrected chi connectivity index (χ3v) is 8.65. The fraction of sp³-hybridized carbons (Fsp3) is 0.800. The van der Waals surface area contributed by atoms with Crippen molar-refractivity contribution in [2.24, 2.45) is 17.8 Å². The number of fused-ring (bicyclic) bond motifs is 1. The van der Waals surface area contributed by atoms with E-state index in [4.69, 9.17) is 9.47 Å². The molecule has 0 aromatic heterocycles. The first-order chi connectivity index (χ1) is 16.2. The number of ether oxygens (including phenoxy) is 2. The Morgan fingerprint density at radius 1 is 1.41 bits per heavy atom. The number of esters is 1. The molecule has 1 unspecified atom stereocenters. The van der Waals surface area contributed by atoms with E-state index in [0.29, 0.717) is 19.5 Å². The van der Waals surface area contributed by atoms with Crippen LogP contribution in [0.2, 0.25) is 0 Å². The van der Waals surface area contributed by atoms with Crippen molar-refractivity contribution < 1.29 is 29.0 Å². The molecule has 1 spiro atoms. The summed E-state index contributed by atoms with van der Waals surface area (Å²) in [5.41, 5.74) is -1.14. The summed E-state index contributed by atoms with van der Waals surface area (Å²) in [5.74, 6) is -2.62. The minimum Gasteiger partial charge on any atom is -0.466 e. The number of amides is 2. The fourth-order valence-corrected chi connectivity index (χ4v) is 6.94. The molecule has 1 N–H and O–H groups in total. The van der Waals surface area contributed by atoms with Gasteiger partial charge in [-0.1, -0.05) is 55.6 Å². The molecule has 192 valence electrons. The zero-order chi connectivity index (χ0) is 25.2. The number of alkyl halides is 1. The molecule has 3 saturated heterocycles. The number of hydrogen-bond donors (Lipinski definition) is 1. The van der Waals surface area contributed by atoms with E-state index >= 15 is 0 Å². The summed E-state index contributed by atoms with van der Waals surface area (Å²) in [6, 6.07) is -1.47. The number of unbranched alkanes of at least 4 members (excludes halogenated alkanes) is 1. The van der Waals surface area contributed by atoms with Gasteiger partial charge < -0.3 is 24.4 Å². The number of likely N-dealkylation sites (tertiary alicyclic amines) is 1. The van der Waals surface area contributed by atoms with E-state index in [1.165, 1.54) is 0 Å². The molecule has 8 atom stereocenters. The van der Waals surface area contributed by atoms with Crippen LogP contribution >= 0.6 is 15.9 Å². The molecule has 3 fully saturated rings. The van der Waals surface area contributed by atoms with Crippen LogP contribution in [0.3, 0.4) is 0 Å². The summed E-state index contributed by atoms with van der Waals surface area (Å²) in [5, 5.41) is 10.4. The highest BCUT2D eigenvalue weighted by molar-refractivity contribution is 9.09. The third kappa shape index (κ3) is 4.32. The van der Waals surface area contributed by atoms with E-state index in [9.17, 15) is 19.5 Å². The van der Waals surface area contributed by atoms with Gasteiger partial charge in [-0.3, -0.25) is 14.4 Å². The maximum absolute atomic E-state index is 14.2. The molecule has 0 aromatic carbocycles. The molecule has 3 heterocycles. The van der Waals surface area contributed by atoms with Crippen LogP contribution in [0.25, 0.3) is 0 Å². The first kappa shape index (κ1) is 27.1. The molecule has 2 bridgehead atoms. The molecule has 0 radical (unpaired) electrons. The average molecular weight is 543 g/mol. The number of hydrogen-bond acceptors (Lipinski definition) is 6. The van der Waals surface area contributed by atoms with Gasteiger partial charge in [0.25, 0.3) is 0 Å². The van der Waals surface area contributed by atoms with E-state index in [-0.39, 0.29) is 35.8 Å². The number of carbonyl (C=O) groups excluding carboxylic acids is 3. The molecule has 3 aliphatic rings. The second kappa shape index (κ2) is 11.1. The Labute approximate surface area is 211 Å². The van der Waals surface area contributed by atoms with Crippen molar-refractivity contribution in [1.82, 2.24) is 9.80 Å². The van der Waals surface area contributed by atoms with Gasteiger partial charge in [-0.15, -0.1) is 6.58 Å². The number of nitrogens with zero attached hydrogens (tertiary/aromatic N) is 2. The smallest absolute Gasteiger partial charge is 0.312 e. The minimum absolute atomic E-state index is 0.0408. The molecular formula is C25H39BrN2O6. The van der Waals surface area contributed by atoms with E-state index < -0.39 is 41.6 Å². The predicted octanol–water partition coefficient (Wildman–Crippen LogP) is 2.52. The van der Waals surface area contributed by atoms with Crippen LogP contribution in [0, 0.1) is 17.8 Å². The Bertz CT molecular complexity index is 793. The van der Waals surface area contributed by atoms with Gasteiger partial charge in [0.1, 0.15) is 11.6 Å². The highest BCUT2D eigenvalue weighted by Gasteiger charge is 2.77. The predicted molar refractivity (Wildman–Crippen MR) is 131 cm³/mol. The number of rotatable bonds is 12. The summed E-state index contributed by atoms with van der Waals surface area (Å²) in [4.78, 5) is 44.3. The zero-order valence-electron chi connectivity index (χ0n) is 20.7. The summed E-state index contributed by atoms with van der Waals surface area (Å²) >= 11 is 3.66. The third-order valence-electron chi connectivity index (χ3n) is 7.81. The zero-order valence-corrected chi connectivity index (χ0v) is 22.3. The van der Waals surface area contributed by atoms with Crippen molar-refractivity contribution in [3.05, 3.63) is 12.7 Å². The maximum Gasteiger partial charge on any atom is 0.312 e. The SMILES string of the molecule is C=CCN(CCCC)C(=O)[C@H]1N([C@@H](CO)[C@@H](C)CC)C(=O)[C@@H]2[C@@H](C(=O)OCC)[C@@H]3O[C@@]21CC3Br. The minimum atomic E-state index is -1.14. The van der Waals surface area contributed by atoms with Gasteiger partial charge >= 0.3 is 5.97 Å². The van der Waals surface area contributed by atoms with Crippen molar-refractivity contribution in [3.63, 3.8) is 0 Å². The van der Waals surface area contributed by atoms with Gasteiger partial charge in [0.2, 0.25) is 11.8 Å². The number of aliphatic hydroxyl groups excluding tert-OH is 1. The van der Waals surface area contributed by atoms with Crippen molar-refractivity contribution in [2.45, 2.75) is 82.0 Å². The maximum atomic E-state index is 14.2. The van der Waals surface area contributed by atoms with Crippen molar-refractivity contribution >= 4 is 33.7 Å². The highest BCUT2D eigenvalue weighted by atomic mass is 79.9. The summed E-state index contributed by atoms with van der Waals surface area (Å²) in [6.07, 6.45) is 4.05. The van der Waals surface area contributed by atoms with Crippen LogP contribution in [0.15, 0.2) is 12.7 Å². The van der Waals surface area contributed by atoms with Crippen molar-refractivity contribution in [2.75, 3.05) is 26.3 Å². The molecule has 8 nitrogen and oxygen atoms in total. The van der Waals surface area contributed by atoms with Crippen molar-refractivity contribution in [3.8, 4) is 0 Å². The van der Waals surface area contributed by atoms with Crippen molar-refractivity contribution in [1.29, 1.82) is 0 Å². The van der Waals surface area contributed by atoms with Gasteiger partial charge in [-0.05, 0) is 25.7 Å². The van der Waals surface area contributed by atoms with Gasteiger partial charge in [0, 0.05) is 17.9 Å². The van der Waals surface area contributed by atoms with Crippen LogP contribution in [-0.4, -0.2) is 87.6 Å². The van der Waals surface area contributed by atoms with Gasteiger partial charge in [0.05, 0.1) is 37.2 Å². The van der Waals surface area contributed by atoms with Crippen LogP contribution < -0.4 is 0 Å². The molecule has 3 aliphatic heterocycles. The first-order valence-corrected chi connectivity index (χ1v) is 13.5. The molecular weight excluding hydrogens is 504 g/mol. The highest BCUT2D eigenvalue weighted by Crippen LogP contribution is 2.61. The number of halogens is 1. The lowest BCUT2D eigenvalue weighted by atomic mass is 9.70. The van der Waals surface area contributed by atoms with Gasteiger partial charge in [-0.2, -0.15) is 0 Å². The summed E-state index contributed by atoms with van der Waals surface area (Å²) in [6.45, 7) is 12.4. The molecule has 2 amide bonds.